The zero-order valence-corrected chi connectivity index (χ0v) is 14.4. The molecule has 1 heterocycles. The summed E-state index contributed by atoms with van der Waals surface area (Å²) in [4.78, 5) is 13.3. The average Bonchev–Trinajstić information content (AvgIpc) is 2.84. The molecule has 5 heteroatoms. The maximum Gasteiger partial charge on any atom is 0.251 e. The number of nitrogens with one attached hydrogen (secondary N) is 1. The zero-order chi connectivity index (χ0) is 14.4. The molecule has 0 fully saturated rings. The molecule has 1 aromatic heterocycles. The van der Waals surface area contributed by atoms with Crippen LogP contribution in [0.2, 0.25) is 0 Å². The summed E-state index contributed by atoms with van der Waals surface area (Å²) in [6.07, 6.45) is 0. The first kappa shape index (κ1) is 15.6. The van der Waals surface area contributed by atoms with E-state index in [4.69, 9.17) is 0 Å². The predicted octanol–water partition coefficient (Wildman–Crippen LogP) is 4.48. The fourth-order valence-corrected chi connectivity index (χ4v) is 4.21. The van der Waals surface area contributed by atoms with E-state index >= 15 is 0 Å². The number of hydrogen-bond acceptors (Lipinski definition) is 3. The lowest BCUT2D eigenvalue weighted by Crippen LogP contribution is -2.26. The Hall–Kier alpha value is -0.780. The summed E-state index contributed by atoms with van der Waals surface area (Å²) in [5.74, 6) is 1.94. The van der Waals surface area contributed by atoms with Gasteiger partial charge in [-0.2, -0.15) is 11.8 Å². The summed E-state index contributed by atoms with van der Waals surface area (Å²) in [6, 6.07) is 11.9. The van der Waals surface area contributed by atoms with Crippen LogP contribution in [0.25, 0.3) is 0 Å². The van der Waals surface area contributed by atoms with Crippen molar-refractivity contribution in [3.63, 3.8) is 0 Å². The second-order valence-electron chi connectivity index (χ2n) is 4.33. The molecule has 0 aliphatic carbocycles. The molecule has 106 valence electrons. The zero-order valence-electron chi connectivity index (χ0n) is 11.2. The molecule has 0 aliphatic heterocycles. The molecule has 2 nitrogen and oxygen atoms in total. The van der Waals surface area contributed by atoms with Crippen molar-refractivity contribution < 1.29 is 4.79 Å². The first-order valence-corrected chi connectivity index (χ1v) is 9.09. The highest BCUT2D eigenvalue weighted by Crippen LogP contribution is 2.25. The summed E-state index contributed by atoms with van der Waals surface area (Å²) in [6.45, 7) is 2.66. The lowest BCUT2D eigenvalue weighted by molar-refractivity contribution is 0.0955. The van der Waals surface area contributed by atoms with Gasteiger partial charge >= 0.3 is 0 Å². The van der Waals surface area contributed by atoms with Gasteiger partial charge < -0.3 is 5.32 Å². The van der Waals surface area contributed by atoms with Crippen molar-refractivity contribution >= 4 is 44.9 Å². The van der Waals surface area contributed by atoms with Gasteiger partial charge in [-0.25, -0.2) is 0 Å². The number of thiophene rings is 1. The molecule has 2 aromatic rings. The number of benzene rings is 1. The molecule has 0 spiro atoms. The van der Waals surface area contributed by atoms with Crippen molar-refractivity contribution in [1.82, 2.24) is 5.32 Å². The Morgan fingerprint density at radius 1 is 1.30 bits per heavy atom. The Bertz CT molecular complexity index is 583. The Kier molecular flexibility index (Phi) is 6.13. The van der Waals surface area contributed by atoms with E-state index in [2.05, 4.69) is 33.4 Å². The summed E-state index contributed by atoms with van der Waals surface area (Å²) in [7, 11) is 0. The molecule has 20 heavy (non-hydrogen) atoms. The highest BCUT2D eigenvalue weighted by molar-refractivity contribution is 9.11. The van der Waals surface area contributed by atoms with Crippen LogP contribution in [0, 0.1) is 6.92 Å². The SMILES string of the molecule is Cc1ccccc1C(=O)NCCSCc1ccc(Br)s1. The number of hydrogen-bond donors (Lipinski definition) is 1. The quantitative estimate of drug-likeness (QED) is 0.760. The second kappa shape index (κ2) is 7.86. The summed E-state index contributed by atoms with van der Waals surface area (Å²) in [5, 5.41) is 2.97. The Morgan fingerprint density at radius 3 is 2.80 bits per heavy atom. The number of carbonyl (C=O) groups excluding carboxylic acids is 1. The third-order valence-corrected chi connectivity index (χ3v) is 5.61. The maximum absolute atomic E-state index is 12.0. The van der Waals surface area contributed by atoms with Crippen molar-refractivity contribution in [2.75, 3.05) is 12.3 Å². The molecule has 1 aromatic carbocycles. The monoisotopic (exact) mass is 369 g/mol. The van der Waals surface area contributed by atoms with Gasteiger partial charge in [-0.05, 0) is 46.6 Å². The van der Waals surface area contributed by atoms with Gasteiger partial charge in [-0.15, -0.1) is 11.3 Å². The van der Waals surface area contributed by atoms with Crippen molar-refractivity contribution in [2.24, 2.45) is 0 Å². The largest absolute Gasteiger partial charge is 0.351 e. The molecular weight excluding hydrogens is 354 g/mol. The molecule has 0 bridgehead atoms. The van der Waals surface area contributed by atoms with E-state index in [9.17, 15) is 4.79 Å². The molecule has 2 rings (SSSR count). The number of halogens is 1. The van der Waals surface area contributed by atoms with Gasteiger partial charge in [0.15, 0.2) is 0 Å². The van der Waals surface area contributed by atoms with Crippen LogP contribution < -0.4 is 5.32 Å². The highest BCUT2D eigenvalue weighted by atomic mass is 79.9. The van der Waals surface area contributed by atoms with Crippen molar-refractivity contribution in [2.45, 2.75) is 12.7 Å². The van der Waals surface area contributed by atoms with E-state index in [0.717, 1.165) is 22.6 Å². The Labute approximate surface area is 136 Å². The minimum Gasteiger partial charge on any atom is -0.351 e. The smallest absolute Gasteiger partial charge is 0.251 e. The molecule has 0 aliphatic rings. The number of amides is 1. The van der Waals surface area contributed by atoms with Crippen LogP contribution in [0.5, 0.6) is 0 Å². The van der Waals surface area contributed by atoms with Crippen LogP contribution in [-0.2, 0) is 5.75 Å². The molecule has 0 atom stereocenters. The van der Waals surface area contributed by atoms with Crippen LogP contribution in [0.3, 0.4) is 0 Å². The average molecular weight is 370 g/mol. The molecule has 1 N–H and O–H groups in total. The second-order valence-corrected chi connectivity index (χ2v) is 7.98. The molecular formula is C15H16BrNOS2. The van der Waals surface area contributed by atoms with Crippen LogP contribution in [0.4, 0.5) is 0 Å². The van der Waals surface area contributed by atoms with Crippen LogP contribution in [0.1, 0.15) is 20.8 Å². The number of rotatable bonds is 6. The fraction of sp³-hybridized carbons (Fsp3) is 0.267. The van der Waals surface area contributed by atoms with Crippen molar-refractivity contribution in [3.8, 4) is 0 Å². The number of carbonyl (C=O) groups is 1. The van der Waals surface area contributed by atoms with Crippen LogP contribution in [0.15, 0.2) is 40.2 Å². The maximum atomic E-state index is 12.0. The Balaban J connectivity index is 1.68. The fourth-order valence-electron chi connectivity index (χ4n) is 1.76. The van der Waals surface area contributed by atoms with E-state index in [-0.39, 0.29) is 5.91 Å². The number of thioether (sulfide) groups is 1. The lowest BCUT2D eigenvalue weighted by Gasteiger charge is -2.07. The van der Waals surface area contributed by atoms with Crippen molar-refractivity contribution in [1.29, 1.82) is 0 Å². The summed E-state index contributed by atoms with van der Waals surface area (Å²) in [5.41, 5.74) is 1.78. The van der Waals surface area contributed by atoms with Gasteiger partial charge in [0.25, 0.3) is 5.91 Å². The Morgan fingerprint density at radius 2 is 2.10 bits per heavy atom. The van der Waals surface area contributed by atoms with Gasteiger partial charge in [-0.1, -0.05) is 18.2 Å². The third kappa shape index (κ3) is 4.65. The lowest BCUT2D eigenvalue weighted by atomic mass is 10.1. The van der Waals surface area contributed by atoms with Gasteiger partial charge in [0.2, 0.25) is 0 Å². The molecule has 1 amide bonds. The van der Waals surface area contributed by atoms with Gasteiger partial charge in [0.1, 0.15) is 0 Å². The van der Waals surface area contributed by atoms with E-state index in [1.165, 1.54) is 8.66 Å². The van der Waals surface area contributed by atoms with Gasteiger partial charge in [0, 0.05) is 28.5 Å². The minimum absolute atomic E-state index is 0.0163. The van der Waals surface area contributed by atoms with Crippen LogP contribution >= 0.6 is 39.0 Å². The molecule has 0 unspecified atom stereocenters. The molecule has 0 radical (unpaired) electrons. The minimum atomic E-state index is 0.0163. The van der Waals surface area contributed by atoms with Crippen LogP contribution in [-0.4, -0.2) is 18.2 Å². The predicted molar refractivity (Wildman–Crippen MR) is 91.7 cm³/mol. The molecule has 0 saturated heterocycles. The topological polar surface area (TPSA) is 29.1 Å². The van der Waals surface area contributed by atoms with E-state index < -0.39 is 0 Å². The van der Waals surface area contributed by atoms with Gasteiger partial charge in [-0.3, -0.25) is 4.79 Å². The normalized spacial score (nSPS) is 10.5. The third-order valence-electron chi connectivity index (χ3n) is 2.79. The highest BCUT2D eigenvalue weighted by Gasteiger charge is 2.06. The van der Waals surface area contributed by atoms with Gasteiger partial charge in [0.05, 0.1) is 3.79 Å². The first-order chi connectivity index (χ1) is 9.66. The standard InChI is InChI=1S/C15H16BrNOS2/c1-11-4-2-3-5-13(11)15(18)17-8-9-19-10-12-6-7-14(16)20-12/h2-7H,8-10H2,1H3,(H,17,18). The first-order valence-electron chi connectivity index (χ1n) is 6.32. The summed E-state index contributed by atoms with van der Waals surface area (Å²) < 4.78 is 1.17. The number of aryl methyl sites for hydroxylation is 1. The molecule has 0 saturated carbocycles. The van der Waals surface area contributed by atoms with E-state index in [0.29, 0.717) is 6.54 Å². The van der Waals surface area contributed by atoms with Crippen molar-refractivity contribution in [3.05, 3.63) is 56.2 Å². The van der Waals surface area contributed by atoms with E-state index in [1.54, 1.807) is 11.3 Å². The van der Waals surface area contributed by atoms with E-state index in [1.807, 2.05) is 43.0 Å². The summed E-state index contributed by atoms with van der Waals surface area (Å²) >= 11 is 7.05.